The average Bonchev–Trinajstić information content (AvgIpc) is 3.54. The van der Waals surface area contributed by atoms with Gasteiger partial charge in [0, 0.05) is 0 Å². The Morgan fingerprint density at radius 3 is 1.98 bits per heavy atom. The summed E-state index contributed by atoms with van der Waals surface area (Å²) < 4.78 is 3.34. The Labute approximate surface area is 265 Å². The van der Waals surface area contributed by atoms with Crippen molar-refractivity contribution < 1.29 is 24.2 Å². The van der Waals surface area contributed by atoms with Crippen molar-refractivity contribution >= 4 is 4.21 Å². The fourth-order valence-electron chi connectivity index (χ4n) is 8.34. The first kappa shape index (κ1) is 31.8. The third-order valence-corrected chi connectivity index (χ3v) is 9.33. The van der Waals surface area contributed by atoms with E-state index in [1.807, 2.05) is 36.4 Å². The Kier molecular flexibility index (Phi) is 11.9. The van der Waals surface area contributed by atoms with Crippen LogP contribution in [0, 0.1) is 54.2 Å². The molecule has 4 bridgehead atoms. The first-order valence-corrected chi connectivity index (χ1v) is 17.2. The molecule has 1 atom stereocenters. The smallest absolute Gasteiger partial charge is 0.0253 e. The molecule has 9 rings (SSSR count). The monoisotopic (exact) mass is 616 g/mol. The van der Waals surface area contributed by atoms with Gasteiger partial charge in [0.15, 0.2) is 0 Å². The Bertz CT molecular complexity index is 1190. The standard InChI is InChI=1S/C18H25.C13H9.C6H5.C2H5.CH2.Zr/c1-12-3-13(2)17(4-12)11-18-8-14-5-15(9-18)7-16(6-14)10-18;1-3-7-12-10(5-1)9-11-6-2-4-8-13(11)12;1-2-4-6-5-3-1;1-2;;/h4,12,14-16H,5-11H2,1-2H3;1-5,7-8H,9H2;1-5H;1H2,2H3;1H2;/q4*-1;;. The summed E-state index contributed by atoms with van der Waals surface area (Å²) >= 11 is 1.30. The van der Waals surface area contributed by atoms with Gasteiger partial charge in [0.1, 0.15) is 0 Å². The van der Waals surface area contributed by atoms with Crippen LogP contribution in [0.2, 0.25) is 0 Å². The van der Waals surface area contributed by atoms with Crippen LogP contribution in [0.1, 0.15) is 76.8 Å². The molecule has 0 heterocycles. The van der Waals surface area contributed by atoms with Crippen LogP contribution in [0.4, 0.5) is 0 Å². The van der Waals surface area contributed by atoms with Crippen molar-refractivity contribution in [2.45, 2.75) is 72.1 Å². The second-order valence-corrected chi connectivity index (χ2v) is 12.3. The Hall–Kier alpha value is -2.11. The second kappa shape index (κ2) is 15.4. The summed E-state index contributed by atoms with van der Waals surface area (Å²) in [5.41, 5.74) is 9.31. The van der Waals surface area contributed by atoms with E-state index in [9.17, 15) is 0 Å². The molecule has 0 aromatic heterocycles. The molecule has 214 valence electrons. The normalized spacial score (nSPS) is 27.0. The quantitative estimate of drug-likeness (QED) is 0.196. The number of benzene rings is 3. The van der Waals surface area contributed by atoms with Gasteiger partial charge in [0.2, 0.25) is 0 Å². The van der Waals surface area contributed by atoms with Crippen LogP contribution in [-0.4, -0.2) is 4.21 Å². The summed E-state index contributed by atoms with van der Waals surface area (Å²) in [6, 6.07) is 30.6. The molecule has 0 spiro atoms. The summed E-state index contributed by atoms with van der Waals surface area (Å²) in [6.07, 6.45) is 17.8. The maximum Gasteiger partial charge on any atom is -0.0253 e. The molecular weight excluding hydrogens is 572 g/mol. The molecule has 4 saturated carbocycles. The number of fused-ring (bicyclic) bond motifs is 3. The van der Waals surface area contributed by atoms with Gasteiger partial charge >= 0.3 is 28.4 Å². The van der Waals surface area contributed by atoms with E-state index in [0.717, 1.165) is 24.2 Å². The third-order valence-electron chi connectivity index (χ3n) is 9.33. The van der Waals surface area contributed by atoms with E-state index in [4.69, 9.17) is 0 Å². The van der Waals surface area contributed by atoms with Crippen molar-refractivity contribution in [1.29, 1.82) is 0 Å². The van der Waals surface area contributed by atoms with Crippen molar-refractivity contribution in [3.8, 4) is 11.1 Å². The molecule has 3 aromatic carbocycles. The van der Waals surface area contributed by atoms with Gasteiger partial charge in [-0.3, -0.25) is 6.08 Å². The van der Waals surface area contributed by atoms with Crippen molar-refractivity contribution in [3.63, 3.8) is 0 Å². The number of hydrogen-bond acceptors (Lipinski definition) is 0. The van der Waals surface area contributed by atoms with E-state index in [0.29, 0.717) is 11.3 Å². The van der Waals surface area contributed by atoms with Crippen LogP contribution in [-0.2, 0) is 30.7 Å². The molecule has 1 unspecified atom stereocenters. The Morgan fingerprint density at radius 2 is 1.44 bits per heavy atom. The SMILES string of the molecule is CC1=[C-]C(C)C=C1CC12CC3CC(CC(C3)C1)C2.[CH2-]C.[CH2]=[Zr].[c-]1cccc2c1Cc1ccccc1-2.[c-]1ccccc1. The zero-order chi connectivity index (χ0) is 29.2. The molecule has 0 amide bonds. The van der Waals surface area contributed by atoms with Gasteiger partial charge in [0.25, 0.3) is 0 Å². The van der Waals surface area contributed by atoms with Gasteiger partial charge in [-0.15, -0.1) is 5.56 Å². The molecule has 1 heteroatoms. The average molecular weight is 618 g/mol. The molecule has 41 heavy (non-hydrogen) atoms. The van der Waals surface area contributed by atoms with E-state index in [2.05, 4.69) is 85.7 Å². The third kappa shape index (κ3) is 8.05. The molecule has 0 radical (unpaired) electrons. The molecule has 0 aliphatic heterocycles. The number of allylic oxidation sites excluding steroid dienone is 4. The van der Waals surface area contributed by atoms with Gasteiger partial charge in [-0.2, -0.15) is 84.8 Å². The summed E-state index contributed by atoms with van der Waals surface area (Å²) in [5.74, 6) is 3.82. The summed E-state index contributed by atoms with van der Waals surface area (Å²) in [5, 5.41) is 0. The minimum atomic E-state index is 0.564. The molecule has 0 N–H and O–H groups in total. The van der Waals surface area contributed by atoms with Crippen molar-refractivity contribution in [2.24, 2.45) is 29.1 Å². The first-order valence-electron chi connectivity index (χ1n) is 15.4. The fraction of sp³-hybridized carbons (Fsp3) is 0.400. The van der Waals surface area contributed by atoms with E-state index >= 15 is 0 Å². The van der Waals surface area contributed by atoms with Crippen LogP contribution in [0.5, 0.6) is 0 Å². The maximum absolute atomic E-state index is 3.57. The molecule has 0 nitrogen and oxygen atoms in total. The molecule has 6 aliphatic carbocycles. The van der Waals surface area contributed by atoms with Crippen molar-refractivity contribution in [3.05, 3.63) is 126 Å². The van der Waals surface area contributed by atoms with Crippen LogP contribution in [0.15, 0.2) is 90.0 Å². The van der Waals surface area contributed by atoms with Gasteiger partial charge in [0.05, 0.1) is 0 Å². The molecular formula is C40H46Zr-4. The van der Waals surface area contributed by atoms with E-state index in [1.165, 1.54) is 58.5 Å². The summed E-state index contributed by atoms with van der Waals surface area (Å²) in [6.45, 7) is 9.55. The van der Waals surface area contributed by atoms with Gasteiger partial charge in [-0.1, -0.05) is 61.6 Å². The van der Waals surface area contributed by atoms with E-state index in [-0.39, 0.29) is 0 Å². The number of hydrogen-bond donors (Lipinski definition) is 0. The topological polar surface area (TPSA) is 0 Å². The minimum absolute atomic E-state index is 0.564. The summed E-state index contributed by atoms with van der Waals surface area (Å²) in [7, 11) is 0. The van der Waals surface area contributed by atoms with Crippen molar-refractivity contribution in [1.82, 2.24) is 0 Å². The van der Waals surface area contributed by atoms with Crippen LogP contribution in [0.25, 0.3) is 11.1 Å². The summed E-state index contributed by atoms with van der Waals surface area (Å²) in [4.78, 5) is 0. The van der Waals surface area contributed by atoms with Gasteiger partial charge in [-0.05, 0) is 68.1 Å². The van der Waals surface area contributed by atoms with E-state index < -0.39 is 0 Å². The molecule has 0 saturated heterocycles. The predicted molar refractivity (Wildman–Crippen MR) is 172 cm³/mol. The fourth-order valence-corrected chi connectivity index (χ4v) is 8.34. The molecule has 3 aromatic rings. The first-order chi connectivity index (χ1) is 20.1. The zero-order valence-electron chi connectivity index (χ0n) is 25.4. The zero-order valence-corrected chi connectivity index (χ0v) is 27.8. The largest absolute Gasteiger partial charge is 0.184 e. The minimum Gasteiger partial charge on any atom is -0.184 e. The van der Waals surface area contributed by atoms with Crippen LogP contribution < -0.4 is 0 Å². The molecule has 4 fully saturated rings. The van der Waals surface area contributed by atoms with Gasteiger partial charge < -0.3 is 6.92 Å². The Balaban J connectivity index is 0.000000147. The molecule has 6 aliphatic rings. The van der Waals surface area contributed by atoms with Crippen molar-refractivity contribution in [2.75, 3.05) is 0 Å². The predicted octanol–water partition coefficient (Wildman–Crippen LogP) is 10.3. The van der Waals surface area contributed by atoms with E-state index in [1.54, 1.807) is 51.0 Å². The Morgan fingerprint density at radius 1 is 0.829 bits per heavy atom. The van der Waals surface area contributed by atoms with Crippen LogP contribution in [0.3, 0.4) is 0 Å². The van der Waals surface area contributed by atoms with Gasteiger partial charge in [-0.25, -0.2) is 5.57 Å². The second-order valence-electron chi connectivity index (χ2n) is 12.3. The number of rotatable bonds is 2. The van der Waals surface area contributed by atoms with Crippen LogP contribution >= 0.6 is 0 Å². The maximum atomic E-state index is 3.57.